The molecule has 1 aliphatic heterocycles. The van der Waals surface area contributed by atoms with Crippen LogP contribution >= 0.6 is 0 Å². The SMILES string of the molecule is C[C@@H]1CN([C@H](C)CO)C(=O)c2cc(NC(=O)CCC(F)(F)F)ccc2O[C@H]1CN(C)Cc1ccc(C(=O)Nc2ccccc2N)cc1. The lowest BCUT2D eigenvalue weighted by molar-refractivity contribution is -0.142. The van der Waals surface area contributed by atoms with Crippen LogP contribution in [0, 0.1) is 5.92 Å². The summed E-state index contributed by atoms with van der Waals surface area (Å²) in [5.74, 6) is -1.42. The van der Waals surface area contributed by atoms with Gasteiger partial charge in [0.15, 0.2) is 0 Å². The molecule has 0 aromatic heterocycles. The lowest BCUT2D eigenvalue weighted by Crippen LogP contribution is -2.49. The lowest BCUT2D eigenvalue weighted by Gasteiger charge is -2.38. The van der Waals surface area contributed by atoms with E-state index in [0.717, 1.165) is 5.56 Å². The predicted octanol–water partition coefficient (Wildman–Crippen LogP) is 5.15. The van der Waals surface area contributed by atoms with Crippen molar-refractivity contribution in [1.82, 2.24) is 9.80 Å². The largest absolute Gasteiger partial charge is 0.488 e. The summed E-state index contributed by atoms with van der Waals surface area (Å²) in [5.41, 5.74) is 8.66. The van der Waals surface area contributed by atoms with E-state index in [4.69, 9.17) is 10.5 Å². The fourth-order valence-electron chi connectivity index (χ4n) is 5.25. The Balaban J connectivity index is 1.47. The van der Waals surface area contributed by atoms with Crippen molar-refractivity contribution >= 4 is 34.8 Å². The Morgan fingerprint density at radius 1 is 1.11 bits per heavy atom. The molecule has 0 unspecified atom stereocenters. The molecule has 3 aromatic carbocycles. The minimum atomic E-state index is -4.47. The average molecular weight is 656 g/mol. The Labute approximate surface area is 271 Å². The number of ether oxygens (including phenoxy) is 1. The van der Waals surface area contributed by atoms with E-state index < -0.39 is 43.0 Å². The second-order valence-electron chi connectivity index (χ2n) is 11.9. The van der Waals surface area contributed by atoms with Gasteiger partial charge >= 0.3 is 6.18 Å². The highest BCUT2D eigenvalue weighted by atomic mass is 19.4. The first-order valence-corrected chi connectivity index (χ1v) is 15.3. The Hall–Kier alpha value is -4.62. The van der Waals surface area contributed by atoms with Gasteiger partial charge < -0.3 is 31.1 Å². The summed E-state index contributed by atoms with van der Waals surface area (Å²) in [6, 6.07) is 18.1. The third-order valence-corrected chi connectivity index (χ3v) is 7.95. The number of para-hydroxylation sites is 2. The molecule has 0 radical (unpaired) electrons. The van der Waals surface area contributed by atoms with Gasteiger partial charge in [-0.1, -0.05) is 31.2 Å². The van der Waals surface area contributed by atoms with Crippen LogP contribution in [0.15, 0.2) is 66.7 Å². The maximum atomic E-state index is 13.6. The number of hydrogen-bond donors (Lipinski definition) is 4. The van der Waals surface area contributed by atoms with Crippen LogP contribution in [-0.2, 0) is 11.3 Å². The maximum absolute atomic E-state index is 13.6. The van der Waals surface area contributed by atoms with Crippen LogP contribution in [0.4, 0.5) is 30.2 Å². The number of anilines is 3. The molecule has 0 spiro atoms. The van der Waals surface area contributed by atoms with E-state index in [9.17, 15) is 32.7 Å². The maximum Gasteiger partial charge on any atom is 0.389 e. The smallest absolute Gasteiger partial charge is 0.389 e. The highest BCUT2D eigenvalue weighted by molar-refractivity contribution is 6.05. The zero-order valence-corrected chi connectivity index (χ0v) is 26.5. The van der Waals surface area contributed by atoms with Crippen LogP contribution in [0.3, 0.4) is 0 Å². The number of nitrogens with one attached hydrogen (secondary N) is 2. The van der Waals surface area contributed by atoms with Crippen LogP contribution in [0.5, 0.6) is 5.75 Å². The van der Waals surface area contributed by atoms with Gasteiger partial charge in [-0.2, -0.15) is 13.2 Å². The van der Waals surface area contributed by atoms with Crippen molar-refractivity contribution in [2.24, 2.45) is 5.92 Å². The first-order valence-electron chi connectivity index (χ1n) is 15.3. The molecule has 0 bridgehead atoms. The highest BCUT2D eigenvalue weighted by Crippen LogP contribution is 2.31. The standard InChI is InChI=1S/C34H40F3N5O5/c1-21-17-42(22(2)20-43)33(46)26-16-25(39-31(44)14-15-34(35,36)37)12-13-29(26)47-30(21)19-41(3)18-23-8-10-24(11-9-23)32(45)40-28-7-5-4-6-27(28)38/h4-13,16,21-22,30,43H,14-15,17-20,38H2,1-3H3,(H,39,44)(H,40,45)/t21-,22-,30+/m1/s1. The summed E-state index contributed by atoms with van der Waals surface area (Å²) >= 11 is 0. The van der Waals surface area contributed by atoms with Crippen molar-refractivity contribution in [2.75, 3.05) is 43.1 Å². The van der Waals surface area contributed by atoms with Gasteiger partial charge in [-0.3, -0.25) is 19.3 Å². The van der Waals surface area contributed by atoms with Crippen molar-refractivity contribution < 1.29 is 37.4 Å². The molecule has 5 N–H and O–H groups in total. The molecule has 4 rings (SSSR count). The molecular weight excluding hydrogens is 615 g/mol. The third kappa shape index (κ3) is 9.69. The van der Waals surface area contributed by atoms with Gasteiger partial charge in [-0.05, 0) is 62.0 Å². The van der Waals surface area contributed by atoms with Crippen LogP contribution in [0.2, 0.25) is 0 Å². The van der Waals surface area contributed by atoms with Gasteiger partial charge in [-0.15, -0.1) is 0 Å². The van der Waals surface area contributed by atoms with Crippen LogP contribution in [-0.4, -0.2) is 77.7 Å². The van der Waals surface area contributed by atoms with E-state index in [1.807, 2.05) is 26.1 Å². The minimum Gasteiger partial charge on any atom is -0.488 e. The molecule has 47 heavy (non-hydrogen) atoms. The summed E-state index contributed by atoms with van der Waals surface area (Å²) in [7, 11) is 1.92. The quantitative estimate of drug-likeness (QED) is 0.210. The molecule has 3 atom stereocenters. The minimum absolute atomic E-state index is 0.129. The number of halogens is 3. The number of alkyl halides is 3. The summed E-state index contributed by atoms with van der Waals surface area (Å²) in [5, 5.41) is 15.1. The number of aliphatic hydroxyl groups is 1. The second-order valence-corrected chi connectivity index (χ2v) is 11.9. The number of fused-ring (bicyclic) bond motifs is 1. The molecule has 1 aliphatic rings. The second kappa shape index (κ2) is 15.3. The van der Waals surface area contributed by atoms with E-state index in [1.54, 1.807) is 48.2 Å². The highest BCUT2D eigenvalue weighted by Gasteiger charge is 2.34. The number of nitrogen functional groups attached to an aromatic ring is 1. The third-order valence-electron chi connectivity index (χ3n) is 7.95. The number of nitrogens with two attached hydrogens (primary N) is 1. The van der Waals surface area contributed by atoms with E-state index >= 15 is 0 Å². The Morgan fingerprint density at radius 3 is 2.47 bits per heavy atom. The molecule has 3 amide bonds. The van der Waals surface area contributed by atoms with E-state index in [0.29, 0.717) is 30.0 Å². The van der Waals surface area contributed by atoms with Crippen LogP contribution in [0.1, 0.15) is 53.0 Å². The fourth-order valence-corrected chi connectivity index (χ4v) is 5.25. The molecule has 252 valence electrons. The predicted molar refractivity (Wildman–Crippen MR) is 173 cm³/mol. The Kier molecular flexibility index (Phi) is 11.5. The van der Waals surface area contributed by atoms with Crippen molar-refractivity contribution in [3.63, 3.8) is 0 Å². The molecule has 0 saturated heterocycles. The normalized spacial score (nSPS) is 17.3. The fraction of sp³-hybridized carbons (Fsp3) is 0.382. The summed E-state index contributed by atoms with van der Waals surface area (Å²) < 4.78 is 44.1. The number of carbonyl (C=O) groups is 3. The van der Waals surface area contributed by atoms with Crippen LogP contribution in [0.25, 0.3) is 0 Å². The van der Waals surface area contributed by atoms with Crippen molar-refractivity contribution in [3.05, 3.63) is 83.4 Å². The molecule has 0 fully saturated rings. The van der Waals surface area contributed by atoms with Crippen molar-refractivity contribution in [1.29, 1.82) is 0 Å². The van der Waals surface area contributed by atoms with Crippen molar-refractivity contribution in [2.45, 2.75) is 51.6 Å². The number of rotatable bonds is 11. The molecule has 0 saturated carbocycles. The zero-order valence-electron chi connectivity index (χ0n) is 26.5. The van der Waals surface area contributed by atoms with Gasteiger partial charge in [0.1, 0.15) is 11.9 Å². The summed E-state index contributed by atoms with van der Waals surface area (Å²) in [4.78, 5) is 42.1. The Bertz CT molecular complexity index is 1570. The van der Waals surface area contributed by atoms with Gasteiger partial charge in [0.25, 0.3) is 11.8 Å². The van der Waals surface area contributed by atoms with Gasteiger partial charge in [-0.25, -0.2) is 0 Å². The zero-order chi connectivity index (χ0) is 34.3. The number of likely N-dealkylation sites (N-methyl/N-ethyl adjacent to an activating group) is 1. The van der Waals surface area contributed by atoms with E-state index in [-0.39, 0.29) is 42.0 Å². The molecule has 3 aromatic rings. The molecule has 13 heteroatoms. The van der Waals surface area contributed by atoms with Crippen LogP contribution < -0.4 is 21.1 Å². The number of carbonyl (C=O) groups excluding carboxylic acids is 3. The molecule has 1 heterocycles. The Morgan fingerprint density at radius 2 is 1.81 bits per heavy atom. The lowest BCUT2D eigenvalue weighted by atomic mass is 9.99. The number of amides is 3. The number of aliphatic hydroxyl groups excluding tert-OH is 1. The van der Waals surface area contributed by atoms with E-state index in [2.05, 4.69) is 15.5 Å². The molecule has 10 nitrogen and oxygen atoms in total. The summed E-state index contributed by atoms with van der Waals surface area (Å²) in [6.07, 6.45) is -6.87. The monoisotopic (exact) mass is 655 g/mol. The number of nitrogens with zero attached hydrogens (tertiary/aromatic N) is 2. The van der Waals surface area contributed by atoms with Crippen molar-refractivity contribution in [3.8, 4) is 5.75 Å². The number of hydrogen-bond acceptors (Lipinski definition) is 7. The molecular formula is C34H40F3N5O5. The number of benzene rings is 3. The first-order chi connectivity index (χ1) is 22.2. The van der Waals surface area contributed by atoms with Gasteiger partial charge in [0.05, 0.1) is 36.0 Å². The van der Waals surface area contributed by atoms with E-state index in [1.165, 1.54) is 18.2 Å². The molecule has 0 aliphatic carbocycles. The average Bonchev–Trinajstić information content (AvgIpc) is 3.02. The van der Waals surface area contributed by atoms with Gasteiger partial charge in [0.2, 0.25) is 5.91 Å². The van der Waals surface area contributed by atoms with Gasteiger partial charge in [0, 0.05) is 43.2 Å². The topological polar surface area (TPSA) is 137 Å². The summed E-state index contributed by atoms with van der Waals surface area (Å²) in [6.45, 7) is 4.66. The first kappa shape index (κ1) is 35.2.